The summed E-state index contributed by atoms with van der Waals surface area (Å²) in [6, 6.07) is 15.4. The molecule has 1 aromatic heterocycles. The zero-order valence-corrected chi connectivity index (χ0v) is 14.6. The number of amides is 1. The number of halogens is 1. The van der Waals surface area contributed by atoms with Crippen molar-refractivity contribution in [3.05, 3.63) is 65.3 Å². The van der Waals surface area contributed by atoms with Gasteiger partial charge in [0, 0.05) is 15.8 Å². The third-order valence-electron chi connectivity index (χ3n) is 4.30. The molecule has 4 rings (SSSR count). The van der Waals surface area contributed by atoms with Crippen molar-refractivity contribution in [2.45, 2.75) is 19.4 Å². The number of thiophene rings is 1. The Balaban J connectivity index is 1.77. The maximum atomic E-state index is 13.3. The first-order valence-electron chi connectivity index (χ1n) is 7.92. The minimum Gasteiger partial charge on any atom is -0.438 e. The summed E-state index contributed by atoms with van der Waals surface area (Å²) in [6.45, 7) is 3.75. The molecule has 3 nitrogen and oxygen atoms in total. The quantitative estimate of drug-likeness (QED) is 0.612. The fraction of sp³-hybridized carbons (Fsp3) is 0.150. The average molecular weight is 353 g/mol. The number of ether oxygens (including phenoxy) is 1. The Morgan fingerprint density at radius 3 is 2.56 bits per heavy atom. The van der Waals surface area contributed by atoms with Crippen LogP contribution in [0.2, 0.25) is 0 Å². The highest BCUT2D eigenvalue weighted by Crippen LogP contribution is 2.38. The van der Waals surface area contributed by atoms with Gasteiger partial charge in [0.15, 0.2) is 0 Å². The second-order valence-electron chi connectivity index (χ2n) is 6.50. The summed E-state index contributed by atoms with van der Waals surface area (Å²) < 4.78 is 18.7. The predicted molar refractivity (Wildman–Crippen MR) is 98.3 cm³/mol. The molecule has 0 atom stereocenters. The van der Waals surface area contributed by atoms with Crippen LogP contribution in [0.4, 0.5) is 14.9 Å². The second kappa shape index (κ2) is 5.70. The molecule has 25 heavy (non-hydrogen) atoms. The van der Waals surface area contributed by atoms with E-state index in [2.05, 4.69) is 5.32 Å². The number of cyclic esters (lactones) is 1. The molecule has 0 saturated carbocycles. The van der Waals surface area contributed by atoms with Gasteiger partial charge in [-0.3, -0.25) is 5.32 Å². The molecule has 5 heteroatoms. The van der Waals surface area contributed by atoms with Crippen molar-refractivity contribution in [3.8, 4) is 21.6 Å². The molecule has 1 N–H and O–H groups in total. The predicted octanol–water partition coefficient (Wildman–Crippen LogP) is 6.02. The lowest BCUT2D eigenvalue weighted by Gasteiger charge is -2.32. The molecule has 0 fully saturated rings. The molecule has 0 spiro atoms. The minimum absolute atomic E-state index is 0.214. The largest absolute Gasteiger partial charge is 0.438 e. The Morgan fingerprint density at radius 1 is 1.04 bits per heavy atom. The SMILES string of the molecule is CC1(C)OC(=O)Nc2ccc(-c3cccc(-c4cc(F)cs4)c3)cc21. The van der Waals surface area contributed by atoms with E-state index in [1.165, 1.54) is 16.7 Å². The van der Waals surface area contributed by atoms with E-state index in [1.807, 2.05) is 56.3 Å². The number of benzene rings is 2. The van der Waals surface area contributed by atoms with Crippen molar-refractivity contribution >= 4 is 23.1 Å². The topological polar surface area (TPSA) is 38.3 Å². The highest BCUT2D eigenvalue weighted by molar-refractivity contribution is 7.13. The van der Waals surface area contributed by atoms with E-state index in [9.17, 15) is 9.18 Å². The molecule has 126 valence electrons. The van der Waals surface area contributed by atoms with E-state index in [0.717, 1.165) is 32.8 Å². The number of carbonyl (C=O) groups is 1. The molecule has 1 amide bonds. The molecule has 2 heterocycles. The zero-order valence-electron chi connectivity index (χ0n) is 13.8. The van der Waals surface area contributed by atoms with Crippen molar-refractivity contribution in [3.63, 3.8) is 0 Å². The van der Waals surface area contributed by atoms with Crippen LogP contribution in [0.25, 0.3) is 21.6 Å². The fourth-order valence-electron chi connectivity index (χ4n) is 3.07. The summed E-state index contributed by atoms with van der Waals surface area (Å²) in [5, 5.41) is 4.24. The smallest absolute Gasteiger partial charge is 0.412 e. The molecular weight excluding hydrogens is 337 g/mol. The van der Waals surface area contributed by atoms with Crippen LogP contribution < -0.4 is 5.32 Å². The van der Waals surface area contributed by atoms with Crippen LogP contribution in [0.3, 0.4) is 0 Å². The highest BCUT2D eigenvalue weighted by Gasteiger charge is 2.33. The maximum Gasteiger partial charge on any atom is 0.412 e. The molecule has 2 aromatic carbocycles. The lowest BCUT2D eigenvalue weighted by atomic mass is 9.91. The molecule has 0 bridgehead atoms. The van der Waals surface area contributed by atoms with Gasteiger partial charge in [0.2, 0.25) is 0 Å². The van der Waals surface area contributed by atoms with Crippen LogP contribution >= 0.6 is 11.3 Å². The van der Waals surface area contributed by atoms with Crippen molar-refractivity contribution in [2.24, 2.45) is 0 Å². The molecule has 0 saturated heterocycles. The van der Waals surface area contributed by atoms with Crippen LogP contribution in [0.15, 0.2) is 53.9 Å². The Morgan fingerprint density at radius 2 is 1.80 bits per heavy atom. The van der Waals surface area contributed by atoms with Crippen LogP contribution in [-0.2, 0) is 10.3 Å². The summed E-state index contributed by atoms with van der Waals surface area (Å²) in [5.74, 6) is -0.214. The minimum atomic E-state index is -0.692. The normalized spacial score (nSPS) is 15.2. The van der Waals surface area contributed by atoms with Gasteiger partial charge >= 0.3 is 6.09 Å². The van der Waals surface area contributed by atoms with Crippen LogP contribution in [-0.4, -0.2) is 6.09 Å². The van der Waals surface area contributed by atoms with Gasteiger partial charge in [0.1, 0.15) is 11.4 Å². The third kappa shape index (κ3) is 2.91. The Kier molecular flexibility index (Phi) is 3.62. The van der Waals surface area contributed by atoms with E-state index >= 15 is 0 Å². The first kappa shape index (κ1) is 15.8. The third-order valence-corrected chi connectivity index (χ3v) is 5.25. The number of rotatable bonds is 2. The number of hydrogen-bond acceptors (Lipinski definition) is 3. The van der Waals surface area contributed by atoms with E-state index in [0.29, 0.717) is 0 Å². The van der Waals surface area contributed by atoms with Gasteiger partial charge in [0.05, 0.1) is 5.69 Å². The number of fused-ring (bicyclic) bond motifs is 1. The molecular formula is C20H16FNO2S. The lowest BCUT2D eigenvalue weighted by Crippen LogP contribution is -2.34. The average Bonchev–Trinajstić information content (AvgIpc) is 3.00. The Labute approximate surface area is 149 Å². The summed E-state index contributed by atoms with van der Waals surface area (Å²) in [7, 11) is 0. The second-order valence-corrected chi connectivity index (χ2v) is 7.41. The first-order valence-corrected chi connectivity index (χ1v) is 8.80. The van der Waals surface area contributed by atoms with Gasteiger partial charge in [-0.15, -0.1) is 11.3 Å². The van der Waals surface area contributed by atoms with Gasteiger partial charge in [0.25, 0.3) is 0 Å². The molecule has 0 unspecified atom stereocenters. The van der Waals surface area contributed by atoms with E-state index in [-0.39, 0.29) is 5.82 Å². The molecule has 0 radical (unpaired) electrons. The van der Waals surface area contributed by atoms with Crippen LogP contribution in [0.1, 0.15) is 19.4 Å². The van der Waals surface area contributed by atoms with Gasteiger partial charge in [-0.2, -0.15) is 0 Å². The first-order chi connectivity index (χ1) is 11.9. The summed E-state index contributed by atoms with van der Waals surface area (Å²) in [4.78, 5) is 12.5. The molecule has 3 aromatic rings. The van der Waals surface area contributed by atoms with Crippen molar-refractivity contribution in [1.29, 1.82) is 0 Å². The summed E-state index contributed by atoms with van der Waals surface area (Å²) in [6.07, 6.45) is -0.438. The van der Waals surface area contributed by atoms with E-state index < -0.39 is 11.7 Å². The molecule has 1 aliphatic heterocycles. The van der Waals surface area contributed by atoms with E-state index in [1.54, 1.807) is 6.07 Å². The maximum absolute atomic E-state index is 13.3. The molecule has 0 aliphatic carbocycles. The van der Waals surface area contributed by atoms with Crippen LogP contribution in [0, 0.1) is 5.82 Å². The fourth-order valence-corrected chi connectivity index (χ4v) is 3.82. The van der Waals surface area contributed by atoms with Crippen molar-refractivity contribution in [2.75, 3.05) is 5.32 Å². The van der Waals surface area contributed by atoms with Gasteiger partial charge in [-0.25, -0.2) is 9.18 Å². The van der Waals surface area contributed by atoms with Crippen LogP contribution in [0.5, 0.6) is 0 Å². The lowest BCUT2D eigenvalue weighted by molar-refractivity contribution is 0.0421. The number of nitrogens with one attached hydrogen (secondary N) is 1. The Bertz CT molecular complexity index is 977. The van der Waals surface area contributed by atoms with Gasteiger partial charge in [-0.05, 0) is 54.8 Å². The number of carbonyl (C=O) groups excluding carboxylic acids is 1. The number of anilines is 1. The van der Waals surface area contributed by atoms with E-state index in [4.69, 9.17) is 4.74 Å². The summed E-state index contributed by atoms with van der Waals surface area (Å²) in [5.41, 5.74) is 4.03. The Hall–Kier alpha value is -2.66. The van der Waals surface area contributed by atoms with Crippen molar-refractivity contribution < 1.29 is 13.9 Å². The van der Waals surface area contributed by atoms with Gasteiger partial charge in [-0.1, -0.05) is 24.3 Å². The van der Waals surface area contributed by atoms with Gasteiger partial charge < -0.3 is 4.74 Å². The standard InChI is InChI=1S/C20H16FNO2S/c1-20(2)16-9-13(6-7-17(16)22-19(23)24-20)12-4-3-5-14(8-12)18-10-15(21)11-25-18/h3-11H,1-2H3,(H,22,23). The number of hydrogen-bond donors (Lipinski definition) is 1. The van der Waals surface area contributed by atoms with Crippen molar-refractivity contribution in [1.82, 2.24) is 0 Å². The zero-order chi connectivity index (χ0) is 17.6. The summed E-state index contributed by atoms with van der Waals surface area (Å²) >= 11 is 1.39. The molecule has 1 aliphatic rings. The monoisotopic (exact) mass is 353 g/mol. The highest BCUT2D eigenvalue weighted by atomic mass is 32.1.